The average molecular weight is 1350 g/mol. The second-order valence-electron chi connectivity index (χ2n) is 29.1. The first-order valence-corrected chi connectivity index (χ1v) is 35.3. The Bertz CT molecular complexity index is 2580. The summed E-state index contributed by atoms with van der Waals surface area (Å²) in [7, 11) is 12.2. The van der Waals surface area contributed by atoms with Gasteiger partial charge in [0.25, 0.3) is 0 Å². The molecule has 538 valence electrons. The normalized spacial score (nSPS) is 27.7. The van der Waals surface area contributed by atoms with Crippen LogP contribution in [-0.4, -0.2) is 262 Å². The Labute approximate surface area is 568 Å². The van der Waals surface area contributed by atoms with Gasteiger partial charge in [-0.3, -0.25) is 52.7 Å². The second kappa shape index (κ2) is 38.8. The van der Waals surface area contributed by atoms with E-state index in [2.05, 4.69) is 26.2 Å². The van der Waals surface area contributed by atoms with Crippen molar-refractivity contribution < 1.29 is 57.8 Å². The van der Waals surface area contributed by atoms with Crippen molar-refractivity contribution in [1.29, 1.82) is 0 Å². The number of piperidine rings is 1. The molecule has 2 aliphatic heterocycles. The maximum absolute atomic E-state index is 15.5. The van der Waals surface area contributed by atoms with E-state index in [0.29, 0.717) is 6.42 Å². The number of aliphatic hydroxyl groups excluding tert-OH is 1. The molecular formula is C69H124N12O12S. The van der Waals surface area contributed by atoms with E-state index in [1.54, 1.807) is 59.4 Å². The minimum Gasteiger partial charge on any atom is -0.390 e. The third-order valence-corrected chi connectivity index (χ3v) is 20.0. The predicted molar refractivity (Wildman–Crippen MR) is 370 cm³/mol. The fourth-order valence-electron chi connectivity index (χ4n) is 12.4. The molecule has 2 aliphatic rings. The molecule has 0 unspecified atom stereocenters. The minimum atomic E-state index is -1.63. The van der Waals surface area contributed by atoms with Crippen molar-refractivity contribution in [2.24, 2.45) is 41.4 Å². The fourth-order valence-corrected chi connectivity index (χ4v) is 13.7. The maximum Gasteiger partial charge on any atom is 0.246 e. The van der Waals surface area contributed by atoms with Gasteiger partial charge in [-0.1, -0.05) is 109 Å². The molecule has 0 aromatic heterocycles. The molecular weight excluding hydrogens is 1220 g/mol. The van der Waals surface area contributed by atoms with Gasteiger partial charge in [-0.05, 0) is 134 Å². The van der Waals surface area contributed by atoms with Gasteiger partial charge in [-0.15, -0.1) is 0 Å². The summed E-state index contributed by atoms with van der Waals surface area (Å²) in [6, 6.07) is -13.7. The molecule has 94 heavy (non-hydrogen) atoms. The van der Waals surface area contributed by atoms with Gasteiger partial charge in [-0.2, -0.15) is 11.8 Å². The van der Waals surface area contributed by atoms with Gasteiger partial charge in [0.2, 0.25) is 65.0 Å². The van der Waals surface area contributed by atoms with E-state index in [0.717, 1.165) is 30.8 Å². The third kappa shape index (κ3) is 23.5. The molecule has 13 atom stereocenters. The lowest BCUT2D eigenvalue weighted by atomic mass is 9.91. The number of rotatable bonds is 18. The van der Waals surface area contributed by atoms with Gasteiger partial charge >= 0.3 is 0 Å². The van der Waals surface area contributed by atoms with Crippen molar-refractivity contribution in [3.63, 3.8) is 0 Å². The number of nitrogens with one attached hydrogen (secondary N) is 4. The molecule has 2 saturated heterocycles. The molecule has 0 saturated carbocycles. The Hall–Kier alpha value is -5.82. The van der Waals surface area contributed by atoms with Gasteiger partial charge in [0.1, 0.15) is 66.5 Å². The summed E-state index contributed by atoms with van der Waals surface area (Å²) in [6.07, 6.45) is 4.69. The molecule has 2 rings (SSSR count). The van der Waals surface area contributed by atoms with E-state index < -0.39 is 155 Å². The summed E-state index contributed by atoms with van der Waals surface area (Å²) >= 11 is 1.55. The van der Waals surface area contributed by atoms with Gasteiger partial charge < -0.3 is 65.6 Å². The van der Waals surface area contributed by atoms with Gasteiger partial charge in [0.05, 0.1) is 6.10 Å². The van der Waals surface area contributed by atoms with Crippen LogP contribution in [0.1, 0.15) is 169 Å². The molecule has 24 nitrogen and oxygen atoms in total. The number of carbonyl (C=O) groups excluding carboxylic acids is 11. The Morgan fingerprint density at radius 1 is 0.457 bits per heavy atom. The highest BCUT2D eigenvalue weighted by molar-refractivity contribution is 8.00. The SMILES string of the molecule is CC=CC[C@@H](C)[C@@H](O)[C@@H]1C(=O)N[C@H](CC)C(=O)N(C)[C@H](CSC2CCN(C)CC2)C(=O)N(C)[C@@H](CC(C)C)C(=O)N[C@H](C(C)C)C(=O)N(C)[C@H](CC(C)C)C(=O)N[C@H](C)C(=O)N[C@@H](C)C(=O)N(C)[C@H](CC(C)C)C(=O)N(C)[C@H](CC(C)C)C(=O)N(C)[C@H](C(C)C)C(=O)N1C. The zero-order valence-electron chi connectivity index (χ0n) is 61.9. The molecule has 2 fully saturated rings. The molecule has 0 aromatic carbocycles. The molecule has 11 amide bonds. The second-order valence-corrected chi connectivity index (χ2v) is 30.5. The van der Waals surface area contributed by atoms with Crippen LogP contribution >= 0.6 is 11.8 Å². The molecule has 0 aromatic rings. The van der Waals surface area contributed by atoms with Crippen molar-refractivity contribution in [3.8, 4) is 0 Å². The first kappa shape index (κ1) is 84.3. The van der Waals surface area contributed by atoms with Gasteiger partial charge in [0, 0.05) is 60.3 Å². The fraction of sp³-hybridized carbons (Fsp3) is 0.812. The minimum absolute atomic E-state index is 0.0177. The number of hydrogen-bond acceptors (Lipinski definition) is 14. The molecule has 25 heteroatoms. The van der Waals surface area contributed by atoms with Crippen LogP contribution < -0.4 is 21.3 Å². The average Bonchev–Trinajstić information content (AvgIpc) is 0.810. The number of likely N-dealkylation sites (N-methyl/N-ethyl adjacent to an activating group) is 7. The van der Waals surface area contributed by atoms with E-state index in [-0.39, 0.29) is 66.8 Å². The zero-order valence-corrected chi connectivity index (χ0v) is 62.7. The van der Waals surface area contributed by atoms with Crippen molar-refractivity contribution in [2.45, 2.75) is 247 Å². The Morgan fingerprint density at radius 2 is 0.862 bits per heavy atom. The predicted octanol–water partition coefficient (Wildman–Crippen LogP) is 4.47. The van der Waals surface area contributed by atoms with Crippen LogP contribution in [0.5, 0.6) is 0 Å². The lowest BCUT2D eigenvalue weighted by Gasteiger charge is -2.41. The summed E-state index contributed by atoms with van der Waals surface area (Å²) < 4.78 is 0. The lowest BCUT2D eigenvalue weighted by molar-refractivity contribution is -0.157. The summed E-state index contributed by atoms with van der Waals surface area (Å²) in [5.74, 6) is -9.51. The highest BCUT2D eigenvalue weighted by Gasteiger charge is 2.47. The summed E-state index contributed by atoms with van der Waals surface area (Å²) in [5.41, 5.74) is 0. The van der Waals surface area contributed by atoms with Crippen molar-refractivity contribution in [1.82, 2.24) is 60.5 Å². The molecule has 0 radical (unpaired) electrons. The number of amides is 11. The van der Waals surface area contributed by atoms with E-state index in [9.17, 15) is 29.1 Å². The molecule has 0 bridgehead atoms. The van der Waals surface area contributed by atoms with Crippen LogP contribution in [0, 0.1) is 41.4 Å². The summed E-state index contributed by atoms with van der Waals surface area (Å²) in [4.78, 5) is 176. The zero-order chi connectivity index (χ0) is 72.2. The summed E-state index contributed by atoms with van der Waals surface area (Å²) in [5, 5.41) is 23.7. The van der Waals surface area contributed by atoms with Crippen LogP contribution in [-0.2, 0) is 52.7 Å². The Balaban J connectivity index is 3.11. The third-order valence-electron chi connectivity index (χ3n) is 18.5. The number of aliphatic hydroxyl groups is 1. The molecule has 2 heterocycles. The Kier molecular flexibility index (Phi) is 34.8. The Morgan fingerprint density at radius 3 is 1.32 bits per heavy atom. The molecule has 0 aliphatic carbocycles. The van der Waals surface area contributed by atoms with Gasteiger partial charge in [-0.25, -0.2) is 0 Å². The first-order valence-electron chi connectivity index (χ1n) is 34.3. The highest BCUT2D eigenvalue weighted by Crippen LogP contribution is 2.29. The number of thioether (sulfide) groups is 1. The number of nitrogens with zero attached hydrogens (tertiary/aromatic N) is 8. The standard InChI is InChI=1S/C69H124N12O12S/c1-26-28-29-45(15)58(82)57-62(86)72-49(27-2)64(88)79(23)54(38-94-48-30-32-74(18)33-31-48)67(91)75(19)51(35-40(5)6)61(85)73-55(43(11)12)68(92)76(20)50(34-39(3)4)60(84)70-46(16)59(83)71-47(17)63(87)77(21)52(36-41(7)8)65(89)78(22)53(37-42(9)10)66(90)80(24)56(44(13)14)69(93)81(57)25/h26,28,39-58,82H,27,29-38H2,1-25H3,(H,70,84)(H,71,83)(H,72,86)(H,73,85)/t45-,46-,47+,49-,50-,51+,52-,53-,54-,55-,56-,57-,58-/m1/s1. The largest absolute Gasteiger partial charge is 0.390 e. The smallest absolute Gasteiger partial charge is 0.246 e. The van der Waals surface area contributed by atoms with Crippen LogP contribution in [0.4, 0.5) is 0 Å². The van der Waals surface area contributed by atoms with E-state index in [1.165, 1.54) is 92.6 Å². The lowest BCUT2D eigenvalue weighted by Crippen LogP contribution is -2.64. The quantitative estimate of drug-likeness (QED) is 0.119. The van der Waals surface area contributed by atoms with Crippen molar-refractivity contribution >= 4 is 76.7 Å². The summed E-state index contributed by atoms with van der Waals surface area (Å²) in [6.45, 7) is 31.8. The maximum atomic E-state index is 15.5. The van der Waals surface area contributed by atoms with Crippen LogP contribution in [0.25, 0.3) is 0 Å². The van der Waals surface area contributed by atoms with Crippen LogP contribution in [0.2, 0.25) is 0 Å². The number of carbonyl (C=O) groups is 11. The van der Waals surface area contributed by atoms with Gasteiger partial charge in [0.15, 0.2) is 0 Å². The first-order chi connectivity index (χ1) is 43.6. The van der Waals surface area contributed by atoms with E-state index in [1.807, 2.05) is 75.4 Å². The number of hydrogen-bond donors (Lipinski definition) is 5. The number of allylic oxidation sites excluding steroid dienone is 2. The van der Waals surface area contributed by atoms with Crippen LogP contribution in [0.15, 0.2) is 12.2 Å². The van der Waals surface area contributed by atoms with E-state index >= 15 is 28.8 Å². The molecule has 0 spiro atoms. The number of likely N-dealkylation sites (tertiary alicyclic amines) is 1. The van der Waals surface area contributed by atoms with Crippen molar-refractivity contribution in [2.75, 3.05) is 75.2 Å². The van der Waals surface area contributed by atoms with Crippen LogP contribution in [0.3, 0.4) is 0 Å². The topological polar surface area (TPSA) is 282 Å². The highest BCUT2D eigenvalue weighted by atomic mass is 32.2. The van der Waals surface area contributed by atoms with Crippen molar-refractivity contribution in [3.05, 3.63) is 12.2 Å². The monoisotopic (exact) mass is 1340 g/mol. The molecule has 5 N–H and O–H groups in total. The van der Waals surface area contributed by atoms with E-state index in [4.69, 9.17) is 0 Å².